The van der Waals surface area contributed by atoms with Gasteiger partial charge >= 0.3 is 12.1 Å². The Kier molecular flexibility index (Phi) is 6.93. The van der Waals surface area contributed by atoms with Crippen molar-refractivity contribution in [3.63, 3.8) is 0 Å². The molecular formula is C24H36N4O5. The number of hydrogen-bond donors (Lipinski definition) is 1. The van der Waals surface area contributed by atoms with Gasteiger partial charge in [0.2, 0.25) is 5.91 Å². The van der Waals surface area contributed by atoms with E-state index in [0.717, 1.165) is 12.2 Å². The van der Waals surface area contributed by atoms with E-state index in [0.29, 0.717) is 38.0 Å². The van der Waals surface area contributed by atoms with Crippen LogP contribution in [0.5, 0.6) is 0 Å². The molecule has 2 amide bonds. The molecule has 2 heterocycles. The molecule has 9 heteroatoms. The number of piperidine rings is 1. The zero-order chi connectivity index (χ0) is 24.6. The number of carbonyl (C=O) groups is 3. The molecule has 1 aromatic rings. The van der Waals surface area contributed by atoms with Gasteiger partial charge in [0.1, 0.15) is 11.7 Å². The molecule has 9 nitrogen and oxygen atoms in total. The summed E-state index contributed by atoms with van der Waals surface area (Å²) in [6, 6.07) is 7.15. The van der Waals surface area contributed by atoms with Crippen LogP contribution in [0.1, 0.15) is 44.0 Å². The molecule has 1 unspecified atom stereocenters. The van der Waals surface area contributed by atoms with Gasteiger partial charge in [0.25, 0.3) is 0 Å². The number of carboxylic acid groups (broad SMARTS) is 1. The van der Waals surface area contributed by atoms with E-state index in [2.05, 4.69) is 30.6 Å². The van der Waals surface area contributed by atoms with Crippen LogP contribution in [0.2, 0.25) is 0 Å². The Morgan fingerprint density at radius 2 is 1.73 bits per heavy atom. The minimum absolute atomic E-state index is 0.0476. The van der Waals surface area contributed by atoms with Gasteiger partial charge in [-0.1, -0.05) is 20.8 Å². The number of esters is 1. The lowest BCUT2D eigenvalue weighted by atomic mass is 9.84. The second kappa shape index (κ2) is 9.21. The highest BCUT2D eigenvalue weighted by atomic mass is 16.5. The van der Waals surface area contributed by atoms with E-state index in [-0.39, 0.29) is 17.5 Å². The Balaban J connectivity index is 2.09. The van der Waals surface area contributed by atoms with Gasteiger partial charge in [-0.15, -0.1) is 0 Å². The first kappa shape index (κ1) is 24.8. The molecule has 2 fully saturated rings. The third-order valence-electron chi connectivity index (χ3n) is 6.65. The molecule has 1 spiro atoms. The van der Waals surface area contributed by atoms with Gasteiger partial charge in [0, 0.05) is 37.3 Å². The van der Waals surface area contributed by atoms with Crippen LogP contribution >= 0.6 is 0 Å². The lowest BCUT2D eigenvalue weighted by Gasteiger charge is -2.47. The van der Waals surface area contributed by atoms with Crippen LogP contribution in [0.25, 0.3) is 0 Å². The molecule has 2 aliphatic rings. The summed E-state index contributed by atoms with van der Waals surface area (Å²) in [5, 5.41) is 9.47. The summed E-state index contributed by atoms with van der Waals surface area (Å²) in [6.07, 6.45) is -0.337. The van der Waals surface area contributed by atoms with E-state index in [9.17, 15) is 19.5 Å². The van der Waals surface area contributed by atoms with E-state index in [4.69, 9.17) is 4.74 Å². The SMILES string of the molecule is COC(=O)c1ccc(N2C(C(C)(C)C)N(CCN(C)C)C(=O)C23CCN(C(=O)O)CC3)cc1. The highest BCUT2D eigenvalue weighted by molar-refractivity contribution is 5.95. The summed E-state index contributed by atoms with van der Waals surface area (Å²) in [7, 11) is 5.31. The quantitative estimate of drug-likeness (QED) is 0.675. The van der Waals surface area contributed by atoms with E-state index in [1.807, 2.05) is 31.1 Å². The Bertz CT molecular complexity index is 885. The van der Waals surface area contributed by atoms with E-state index >= 15 is 0 Å². The topological polar surface area (TPSA) is 93.6 Å². The average Bonchev–Trinajstić information content (AvgIpc) is 3.00. The monoisotopic (exact) mass is 460 g/mol. The van der Waals surface area contributed by atoms with Crippen molar-refractivity contribution >= 4 is 23.7 Å². The summed E-state index contributed by atoms with van der Waals surface area (Å²) in [4.78, 5) is 45.2. The number of methoxy groups -OCH3 is 1. The summed E-state index contributed by atoms with van der Waals surface area (Å²) >= 11 is 0. The minimum Gasteiger partial charge on any atom is -0.465 e. The van der Waals surface area contributed by atoms with Gasteiger partial charge < -0.3 is 29.4 Å². The predicted molar refractivity (Wildman–Crippen MR) is 125 cm³/mol. The van der Waals surface area contributed by atoms with Crippen molar-refractivity contribution < 1.29 is 24.2 Å². The largest absolute Gasteiger partial charge is 0.465 e. The van der Waals surface area contributed by atoms with Crippen molar-refractivity contribution in [2.75, 3.05) is 52.3 Å². The van der Waals surface area contributed by atoms with E-state index in [1.54, 1.807) is 12.1 Å². The number of hydrogen-bond acceptors (Lipinski definition) is 6. The molecule has 33 heavy (non-hydrogen) atoms. The fourth-order valence-electron chi connectivity index (χ4n) is 5.03. The molecule has 0 aliphatic carbocycles. The normalized spacial score (nSPS) is 20.6. The Hall–Kier alpha value is -2.81. The molecule has 0 bridgehead atoms. The summed E-state index contributed by atoms with van der Waals surface area (Å²) < 4.78 is 4.83. The second-order valence-electron chi connectivity index (χ2n) is 10.3. The molecule has 3 rings (SSSR count). The second-order valence-corrected chi connectivity index (χ2v) is 10.3. The fourth-order valence-corrected chi connectivity index (χ4v) is 5.03. The zero-order valence-electron chi connectivity index (χ0n) is 20.5. The van der Waals surface area contributed by atoms with Gasteiger partial charge in [-0.05, 0) is 51.2 Å². The van der Waals surface area contributed by atoms with Crippen LogP contribution in [-0.4, -0.2) is 96.9 Å². The highest BCUT2D eigenvalue weighted by Gasteiger charge is 2.60. The van der Waals surface area contributed by atoms with E-state index < -0.39 is 17.6 Å². The zero-order valence-corrected chi connectivity index (χ0v) is 20.5. The maximum absolute atomic E-state index is 14.1. The van der Waals surface area contributed by atoms with Crippen molar-refractivity contribution in [3.8, 4) is 0 Å². The number of likely N-dealkylation sites (N-methyl/N-ethyl adjacent to an activating group) is 1. The van der Waals surface area contributed by atoms with Crippen LogP contribution < -0.4 is 4.90 Å². The predicted octanol–water partition coefficient (Wildman–Crippen LogP) is 2.57. The average molecular weight is 461 g/mol. The lowest BCUT2D eigenvalue weighted by Crippen LogP contribution is -2.59. The van der Waals surface area contributed by atoms with Gasteiger partial charge in [0.05, 0.1) is 12.7 Å². The van der Waals surface area contributed by atoms with Crippen molar-refractivity contribution in [3.05, 3.63) is 29.8 Å². The van der Waals surface area contributed by atoms with Crippen LogP contribution in [0, 0.1) is 5.41 Å². The molecule has 0 radical (unpaired) electrons. The number of carbonyl (C=O) groups excluding carboxylic acids is 2. The number of likely N-dealkylation sites (tertiary alicyclic amines) is 1. The highest BCUT2D eigenvalue weighted by Crippen LogP contribution is 2.47. The smallest absolute Gasteiger partial charge is 0.407 e. The maximum atomic E-state index is 14.1. The first-order chi connectivity index (χ1) is 15.4. The molecule has 182 valence electrons. The van der Waals surface area contributed by atoms with Gasteiger partial charge in [-0.25, -0.2) is 9.59 Å². The Labute approximate surface area is 195 Å². The molecule has 1 N–H and O–H groups in total. The molecule has 1 aromatic carbocycles. The number of benzene rings is 1. The Morgan fingerprint density at radius 3 is 2.18 bits per heavy atom. The van der Waals surface area contributed by atoms with Crippen molar-refractivity contribution in [2.24, 2.45) is 5.41 Å². The Morgan fingerprint density at radius 1 is 1.15 bits per heavy atom. The standard InChI is InChI=1S/C24H36N4O5/c1-23(2,3)20-27(16-15-25(4)5)21(30)24(11-13-26(14-12-24)22(31)32)28(20)18-9-7-17(8-10-18)19(29)33-6/h7-10,20H,11-16H2,1-6H3,(H,31,32). The molecular weight excluding hydrogens is 424 g/mol. The van der Waals surface area contributed by atoms with Crippen molar-refractivity contribution in [2.45, 2.75) is 45.3 Å². The number of anilines is 1. The first-order valence-corrected chi connectivity index (χ1v) is 11.3. The molecule has 2 aliphatic heterocycles. The number of ether oxygens (including phenoxy) is 1. The van der Waals surface area contributed by atoms with Gasteiger partial charge in [-0.3, -0.25) is 4.79 Å². The van der Waals surface area contributed by atoms with Crippen LogP contribution in [-0.2, 0) is 9.53 Å². The fraction of sp³-hybridized carbons (Fsp3) is 0.625. The van der Waals surface area contributed by atoms with Gasteiger partial charge in [0.15, 0.2) is 0 Å². The van der Waals surface area contributed by atoms with E-state index in [1.165, 1.54) is 12.0 Å². The molecule has 1 atom stereocenters. The maximum Gasteiger partial charge on any atom is 0.407 e. The minimum atomic E-state index is -0.957. The number of amides is 2. The van der Waals surface area contributed by atoms with Crippen molar-refractivity contribution in [1.29, 1.82) is 0 Å². The third kappa shape index (κ3) is 4.64. The van der Waals surface area contributed by atoms with Crippen molar-refractivity contribution in [1.82, 2.24) is 14.7 Å². The summed E-state index contributed by atoms with van der Waals surface area (Å²) in [5.74, 6) is -0.366. The number of nitrogens with zero attached hydrogens (tertiary/aromatic N) is 4. The molecule has 0 saturated carbocycles. The first-order valence-electron chi connectivity index (χ1n) is 11.3. The number of rotatable bonds is 5. The molecule has 2 saturated heterocycles. The van der Waals surface area contributed by atoms with Crippen LogP contribution in [0.15, 0.2) is 24.3 Å². The lowest BCUT2D eigenvalue weighted by molar-refractivity contribution is -0.135. The van der Waals surface area contributed by atoms with Crippen LogP contribution in [0.4, 0.5) is 10.5 Å². The summed E-state index contributed by atoms with van der Waals surface area (Å²) in [5.41, 5.74) is 0.185. The summed E-state index contributed by atoms with van der Waals surface area (Å²) in [6.45, 7) is 8.27. The van der Waals surface area contributed by atoms with Crippen LogP contribution in [0.3, 0.4) is 0 Å². The third-order valence-corrected chi connectivity index (χ3v) is 6.65. The molecule has 0 aromatic heterocycles. The van der Waals surface area contributed by atoms with Gasteiger partial charge in [-0.2, -0.15) is 0 Å².